The number of fused-ring (bicyclic) bond motifs is 1. The molecule has 1 aliphatic heterocycles. The molecule has 98 valence electrons. The van der Waals surface area contributed by atoms with Crippen LogP contribution in [-0.4, -0.2) is 16.9 Å². The van der Waals surface area contributed by atoms with E-state index in [0.29, 0.717) is 13.0 Å². The molecule has 1 aliphatic rings. The number of amides is 1. The van der Waals surface area contributed by atoms with Gasteiger partial charge in [-0.3, -0.25) is 9.59 Å². The summed E-state index contributed by atoms with van der Waals surface area (Å²) < 4.78 is 0. The highest BCUT2D eigenvalue weighted by Crippen LogP contribution is 2.25. The molecule has 0 spiro atoms. The van der Waals surface area contributed by atoms with Crippen molar-refractivity contribution in [2.75, 3.05) is 5.32 Å². The molecular weight excluding hydrogens is 262 g/mol. The quantitative estimate of drug-likeness (QED) is 0.785. The largest absolute Gasteiger partial charge is 0.373 e. The summed E-state index contributed by atoms with van der Waals surface area (Å²) in [5.74, 6) is -0.0525. The maximum Gasteiger partial charge on any atom is 0.304 e. The lowest BCUT2D eigenvalue weighted by Gasteiger charge is -2.11. The molecule has 3 N–H and O–H groups in total. The molecule has 5 nitrogen and oxygen atoms in total. The van der Waals surface area contributed by atoms with Crippen molar-refractivity contribution in [2.24, 2.45) is 0 Å². The van der Waals surface area contributed by atoms with Gasteiger partial charge in [-0.2, -0.15) is 0 Å². The molecule has 1 aromatic carbocycles. The number of para-hydroxylation sites is 1. The Bertz CT molecular complexity index is 637. The molecule has 1 amide bonds. The number of hydrogen-bond donors (Lipinski definition) is 3. The smallest absolute Gasteiger partial charge is 0.304 e. The van der Waals surface area contributed by atoms with Crippen molar-refractivity contribution in [1.29, 1.82) is 0 Å². The third kappa shape index (κ3) is 2.53. The van der Waals surface area contributed by atoms with Gasteiger partial charge in [0.05, 0.1) is 6.54 Å². The Morgan fingerprint density at radius 3 is 3.00 bits per heavy atom. The van der Waals surface area contributed by atoms with Crippen molar-refractivity contribution >= 4 is 22.9 Å². The first-order valence-electron chi connectivity index (χ1n) is 6.01. The van der Waals surface area contributed by atoms with E-state index in [1.807, 2.05) is 24.3 Å². The molecule has 1 atom stereocenters. The number of hydrogen-bond acceptors (Lipinski definition) is 4. The van der Waals surface area contributed by atoms with Crippen molar-refractivity contribution < 1.29 is 4.79 Å². The second kappa shape index (κ2) is 4.89. The second-order valence-corrected chi connectivity index (χ2v) is 5.29. The van der Waals surface area contributed by atoms with Crippen LogP contribution in [0.3, 0.4) is 0 Å². The molecule has 0 aliphatic carbocycles. The number of carbonyl (C=O) groups is 1. The van der Waals surface area contributed by atoms with Crippen LogP contribution in [-0.2, 0) is 17.8 Å². The lowest BCUT2D eigenvalue weighted by molar-refractivity contribution is -0.121. The molecule has 0 radical (unpaired) electrons. The lowest BCUT2D eigenvalue weighted by Crippen LogP contribution is -2.38. The topological polar surface area (TPSA) is 74.0 Å². The SMILES string of the molecule is O=C(NCc1csc(=O)[nH]1)C1Cc2ccccc2N1. The van der Waals surface area contributed by atoms with Gasteiger partial charge in [0.15, 0.2) is 0 Å². The van der Waals surface area contributed by atoms with Gasteiger partial charge in [-0.1, -0.05) is 29.5 Å². The third-order valence-electron chi connectivity index (χ3n) is 3.11. The van der Waals surface area contributed by atoms with Crippen LogP contribution in [0.5, 0.6) is 0 Å². The fourth-order valence-electron chi connectivity index (χ4n) is 2.16. The molecule has 3 rings (SSSR count). The van der Waals surface area contributed by atoms with Crippen LogP contribution in [0.2, 0.25) is 0 Å². The number of anilines is 1. The predicted octanol–water partition coefficient (Wildman–Crippen LogP) is 1.09. The van der Waals surface area contributed by atoms with E-state index in [4.69, 9.17) is 0 Å². The number of carbonyl (C=O) groups excluding carboxylic acids is 1. The van der Waals surface area contributed by atoms with Crippen molar-refractivity contribution in [2.45, 2.75) is 19.0 Å². The van der Waals surface area contributed by atoms with E-state index in [0.717, 1.165) is 28.3 Å². The number of aromatic amines is 1. The van der Waals surface area contributed by atoms with E-state index in [2.05, 4.69) is 15.6 Å². The summed E-state index contributed by atoms with van der Waals surface area (Å²) in [6.45, 7) is 0.353. The number of thiazole rings is 1. The van der Waals surface area contributed by atoms with Gasteiger partial charge < -0.3 is 15.6 Å². The molecule has 0 saturated carbocycles. The van der Waals surface area contributed by atoms with Crippen molar-refractivity contribution in [3.8, 4) is 0 Å². The van der Waals surface area contributed by atoms with Gasteiger partial charge in [-0.05, 0) is 11.6 Å². The molecule has 19 heavy (non-hydrogen) atoms. The molecule has 0 saturated heterocycles. The monoisotopic (exact) mass is 275 g/mol. The molecular formula is C13H13N3O2S. The molecule has 1 aromatic heterocycles. The first kappa shape index (κ1) is 12.0. The minimum absolute atomic E-state index is 0.0525. The fraction of sp³-hybridized carbons (Fsp3) is 0.231. The number of benzene rings is 1. The summed E-state index contributed by atoms with van der Waals surface area (Å²) >= 11 is 1.10. The maximum atomic E-state index is 12.0. The van der Waals surface area contributed by atoms with Gasteiger partial charge in [-0.25, -0.2) is 0 Å². The maximum absolute atomic E-state index is 12.0. The fourth-order valence-corrected chi connectivity index (χ4v) is 2.74. The summed E-state index contributed by atoms with van der Waals surface area (Å²) in [7, 11) is 0. The Balaban J connectivity index is 1.59. The number of nitrogens with one attached hydrogen (secondary N) is 3. The molecule has 0 bridgehead atoms. The molecule has 0 fully saturated rings. The van der Waals surface area contributed by atoms with Crippen LogP contribution in [0.1, 0.15) is 11.3 Å². The number of H-pyrrole nitrogens is 1. The second-order valence-electron chi connectivity index (χ2n) is 4.45. The van der Waals surface area contributed by atoms with Crippen LogP contribution < -0.4 is 15.5 Å². The van der Waals surface area contributed by atoms with Crippen LogP contribution in [0.15, 0.2) is 34.4 Å². The Kier molecular flexibility index (Phi) is 3.08. The molecule has 2 aromatic rings. The highest BCUT2D eigenvalue weighted by molar-refractivity contribution is 7.07. The van der Waals surface area contributed by atoms with Crippen LogP contribution in [0.25, 0.3) is 0 Å². The Morgan fingerprint density at radius 2 is 2.26 bits per heavy atom. The molecule has 6 heteroatoms. The minimum Gasteiger partial charge on any atom is -0.373 e. The summed E-state index contributed by atoms with van der Waals surface area (Å²) in [6.07, 6.45) is 0.697. The van der Waals surface area contributed by atoms with Crippen molar-refractivity contribution in [3.63, 3.8) is 0 Å². The lowest BCUT2D eigenvalue weighted by atomic mass is 10.1. The standard InChI is InChI=1S/C13H13N3O2S/c17-12(14-6-9-7-19-13(18)15-9)11-5-8-3-1-2-4-10(8)16-11/h1-4,7,11,16H,5-6H2,(H,14,17)(H,15,18). The van der Waals surface area contributed by atoms with Gasteiger partial charge in [0.1, 0.15) is 6.04 Å². The first-order valence-corrected chi connectivity index (χ1v) is 6.89. The van der Waals surface area contributed by atoms with E-state index < -0.39 is 0 Å². The summed E-state index contributed by atoms with van der Waals surface area (Å²) in [5.41, 5.74) is 2.91. The Morgan fingerprint density at radius 1 is 1.42 bits per heavy atom. The van der Waals surface area contributed by atoms with Crippen molar-refractivity contribution in [3.05, 3.63) is 50.6 Å². The highest BCUT2D eigenvalue weighted by atomic mass is 32.1. The number of rotatable bonds is 3. The van der Waals surface area contributed by atoms with Crippen molar-refractivity contribution in [1.82, 2.24) is 10.3 Å². The normalized spacial score (nSPS) is 16.7. The van der Waals surface area contributed by atoms with Gasteiger partial charge in [0.2, 0.25) is 5.91 Å². The summed E-state index contributed by atoms with van der Waals surface area (Å²) in [4.78, 5) is 25.6. The van der Waals surface area contributed by atoms with E-state index in [-0.39, 0.29) is 16.8 Å². The van der Waals surface area contributed by atoms with E-state index in [9.17, 15) is 9.59 Å². The average Bonchev–Trinajstić information content (AvgIpc) is 3.01. The van der Waals surface area contributed by atoms with Gasteiger partial charge >= 0.3 is 4.87 Å². The van der Waals surface area contributed by atoms with E-state index >= 15 is 0 Å². The van der Waals surface area contributed by atoms with Gasteiger partial charge in [-0.15, -0.1) is 0 Å². The summed E-state index contributed by atoms with van der Waals surface area (Å²) in [5, 5.41) is 7.74. The zero-order valence-corrected chi connectivity index (χ0v) is 10.9. The average molecular weight is 275 g/mol. The van der Waals surface area contributed by atoms with Crippen LogP contribution in [0, 0.1) is 0 Å². The van der Waals surface area contributed by atoms with E-state index in [1.165, 1.54) is 0 Å². The zero-order chi connectivity index (χ0) is 13.2. The van der Waals surface area contributed by atoms with E-state index in [1.54, 1.807) is 5.38 Å². The van der Waals surface area contributed by atoms with Gasteiger partial charge in [0, 0.05) is 23.2 Å². The Hall–Kier alpha value is -2.08. The molecule has 1 unspecified atom stereocenters. The Labute approximate surface area is 113 Å². The molecule has 2 heterocycles. The minimum atomic E-state index is -0.234. The van der Waals surface area contributed by atoms with Gasteiger partial charge in [0.25, 0.3) is 0 Å². The van der Waals surface area contributed by atoms with Crippen LogP contribution in [0.4, 0.5) is 5.69 Å². The first-order chi connectivity index (χ1) is 9.22. The number of aromatic nitrogens is 1. The predicted molar refractivity (Wildman–Crippen MR) is 74.3 cm³/mol. The zero-order valence-electron chi connectivity index (χ0n) is 10.1. The highest BCUT2D eigenvalue weighted by Gasteiger charge is 2.25. The third-order valence-corrected chi connectivity index (χ3v) is 3.83. The summed E-state index contributed by atoms with van der Waals surface area (Å²) in [6, 6.07) is 7.67. The van der Waals surface area contributed by atoms with Crippen LogP contribution >= 0.6 is 11.3 Å².